The van der Waals surface area contributed by atoms with Crippen molar-refractivity contribution in [1.82, 2.24) is 9.80 Å². The van der Waals surface area contributed by atoms with Gasteiger partial charge in [-0.1, -0.05) is 6.07 Å². The maximum absolute atomic E-state index is 13.2. The van der Waals surface area contributed by atoms with E-state index in [0.717, 1.165) is 13.1 Å². The van der Waals surface area contributed by atoms with Crippen LogP contribution in [-0.4, -0.2) is 84.8 Å². The smallest absolute Gasteiger partial charge is 0.295 e. The molecule has 2 fully saturated rings. The van der Waals surface area contributed by atoms with Crippen molar-refractivity contribution in [3.8, 4) is 17.2 Å². The topological polar surface area (TPSA) is 109 Å². The number of rotatable bonds is 8. The molecule has 1 unspecified atom stereocenters. The molecule has 0 spiro atoms. The van der Waals surface area contributed by atoms with Crippen LogP contribution in [0.4, 0.5) is 0 Å². The molecule has 0 aromatic heterocycles. The monoisotopic (exact) mass is 482 g/mol. The Hall–Kier alpha value is -3.56. The van der Waals surface area contributed by atoms with Crippen molar-refractivity contribution in [3.05, 3.63) is 59.2 Å². The number of morpholine rings is 1. The molecule has 1 atom stereocenters. The summed E-state index contributed by atoms with van der Waals surface area (Å²) >= 11 is 0. The molecule has 2 aromatic rings. The normalized spacial score (nSPS) is 20.3. The minimum absolute atomic E-state index is 0.00437. The summed E-state index contributed by atoms with van der Waals surface area (Å²) in [6, 6.07) is 10.5. The van der Waals surface area contributed by atoms with Gasteiger partial charge >= 0.3 is 0 Å². The molecule has 2 N–H and O–H groups in total. The zero-order valence-electron chi connectivity index (χ0n) is 19.9. The highest BCUT2D eigenvalue weighted by Crippen LogP contribution is 2.41. The van der Waals surface area contributed by atoms with Gasteiger partial charge in [-0.3, -0.25) is 14.5 Å². The minimum atomic E-state index is -0.835. The van der Waals surface area contributed by atoms with Crippen molar-refractivity contribution in [1.29, 1.82) is 0 Å². The minimum Gasteiger partial charge on any atom is -0.507 e. The number of phenols is 1. The zero-order valence-corrected chi connectivity index (χ0v) is 19.9. The number of aliphatic hydroxyl groups is 1. The first-order valence-electron chi connectivity index (χ1n) is 11.6. The van der Waals surface area contributed by atoms with Gasteiger partial charge in [0.2, 0.25) is 0 Å². The Kier molecular flexibility index (Phi) is 7.57. The molecule has 0 saturated carbocycles. The van der Waals surface area contributed by atoms with Crippen LogP contribution in [0.1, 0.15) is 24.1 Å². The lowest BCUT2D eigenvalue weighted by molar-refractivity contribution is -0.140. The number of Topliss-reactive ketones (excluding diaryl/α,β-unsaturated/α-hetero) is 1. The van der Waals surface area contributed by atoms with E-state index in [1.165, 1.54) is 18.1 Å². The van der Waals surface area contributed by atoms with Crippen LogP contribution in [0.3, 0.4) is 0 Å². The average Bonchev–Trinajstić information content (AvgIpc) is 3.14. The van der Waals surface area contributed by atoms with Crippen LogP contribution in [0.25, 0.3) is 5.76 Å². The van der Waals surface area contributed by atoms with E-state index in [-0.39, 0.29) is 22.8 Å². The third-order valence-electron chi connectivity index (χ3n) is 6.26. The van der Waals surface area contributed by atoms with E-state index in [2.05, 4.69) is 4.90 Å². The number of phenolic OH excluding ortho intramolecular Hbond substituents is 1. The lowest BCUT2D eigenvalue weighted by Crippen LogP contribution is -2.42. The summed E-state index contributed by atoms with van der Waals surface area (Å²) in [7, 11) is 1.54. The second kappa shape index (κ2) is 10.8. The van der Waals surface area contributed by atoms with Gasteiger partial charge in [0.05, 0.1) is 38.5 Å². The average molecular weight is 483 g/mol. The highest BCUT2D eigenvalue weighted by molar-refractivity contribution is 6.46. The number of amides is 1. The zero-order chi connectivity index (χ0) is 24.9. The van der Waals surface area contributed by atoms with Gasteiger partial charge in [0, 0.05) is 31.7 Å². The first kappa shape index (κ1) is 24.6. The van der Waals surface area contributed by atoms with Crippen molar-refractivity contribution in [2.24, 2.45) is 0 Å². The van der Waals surface area contributed by atoms with Gasteiger partial charge in [-0.15, -0.1) is 0 Å². The molecule has 35 heavy (non-hydrogen) atoms. The van der Waals surface area contributed by atoms with Crippen LogP contribution in [0.2, 0.25) is 0 Å². The van der Waals surface area contributed by atoms with E-state index in [4.69, 9.17) is 14.2 Å². The number of methoxy groups -OCH3 is 1. The van der Waals surface area contributed by atoms with Gasteiger partial charge in [0.15, 0.2) is 11.5 Å². The first-order valence-corrected chi connectivity index (χ1v) is 11.6. The molecule has 2 saturated heterocycles. The van der Waals surface area contributed by atoms with Crippen molar-refractivity contribution < 1.29 is 34.0 Å². The Labute approximate surface area is 204 Å². The molecule has 2 heterocycles. The summed E-state index contributed by atoms with van der Waals surface area (Å²) in [6.07, 6.45) is 0. The fourth-order valence-corrected chi connectivity index (χ4v) is 4.41. The molecular weight excluding hydrogens is 452 g/mol. The Morgan fingerprint density at radius 2 is 1.80 bits per heavy atom. The van der Waals surface area contributed by atoms with E-state index >= 15 is 0 Å². The molecule has 9 heteroatoms. The van der Waals surface area contributed by atoms with Crippen LogP contribution < -0.4 is 9.47 Å². The molecular formula is C26H30N2O7. The highest BCUT2D eigenvalue weighted by atomic mass is 16.5. The summed E-state index contributed by atoms with van der Waals surface area (Å²) in [5.74, 6) is -0.898. The molecule has 9 nitrogen and oxygen atoms in total. The summed E-state index contributed by atoms with van der Waals surface area (Å²) in [5, 5.41) is 21.4. The molecule has 2 aliphatic rings. The van der Waals surface area contributed by atoms with Crippen LogP contribution in [0, 0.1) is 0 Å². The number of carbonyl (C=O) groups excluding carboxylic acids is 2. The molecule has 0 aliphatic carbocycles. The second-order valence-electron chi connectivity index (χ2n) is 8.34. The SMILES string of the molecule is CCOc1cc(C2/C(=C(\O)c3ccc(OC)cc3)C(=O)C(=O)N2CCN2CCOCC2)ccc1O. The van der Waals surface area contributed by atoms with Crippen molar-refractivity contribution in [2.45, 2.75) is 13.0 Å². The maximum Gasteiger partial charge on any atom is 0.295 e. The van der Waals surface area contributed by atoms with E-state index in [1.807, 2.05) is 0 Å². The first-order chi connectivity index (χ1) is 16.9. The summed E-state index contributed by atoms with van der Waals surface area (Å²) in [5.41, 5.74) is 0.948. The van der Waals surface area contributed by atoms with Crippen LogP contribution in [0.15, 0.2) is 48.0 Å². The Morgan fingerprint density at radius 1 is 1.09 bits per heavy atom. The predicted octanol–water partition coefficient (Wildman–Crippen LogP) is 2.55. The van der Waals surface area contributed by atoms with E-state index in [0.29, 0.717) is 49.8 Å². The van der Waals surface area contributed by atoms with Gasteiger partial charge < -0.3 is 29.3 Å². The van der Waals surface area contributed by atoms with E-state index in [9.17, 15) is 19.8 Å². The number of nitrogens with zero attached hydrogens (tertiary/aromatic N) is 2. The number of hydrogen-bond donors (Lipinski definition) is 2. The lowest BCUT2D eigenvalue weighted by Gasteiger charge is -2.31. The highest BCUT2D eigenvalue weighted by Gasteiger charge is 2.46. The quantitative estimate of drug-likeness (QED) is 0.336. The van der Waals surface area contributed by atoms with Crippen LogP contribution in [-0.2, 0) is 14.3 Å². The Morgan fingerprint density at radius 3 is 2.46 bits per heavy atom. The summed E-state index contributed by atoms with van der Waals surface area (Å²) < 4.78 is 16.1. The van der Waals surface area contributed by atoms with Crippen molar-refractivity contribution in [3.63, 3.8) is 0 Å². The van der Waals surface area contributed by atoms with Gasteiger partial charge in [-0.25, -0.2) is 0 Å². The van der Waals surface area contributed by atoms with E-state index < -0.39 is 17.7 Å². The van der Waals surface area contributed by atoms with Gasteiger partial charge in [-0.2, -0.15) is 0 Å². The van der Waals surface area contributed by atoms with Gasteiger partial charge in [-0.05, 0) is 48.9 Å². The molecule has 2 aliphatic heterocycles. The Balaban J connectivity index is 1.76. The molecule has 1 amide bonds. The number of aromatic hydroxyl groups is 1. The summed E-state index contributed by atoms with van der Waals surface area (Å²) in [6.45, 7) is 5.71. The number of benzene rings is 2. The lowest BCUT2D eigenvalue weighted by atomic mass is 9.95. The van der Waals surface area contributed by atoms with Crippen molar-refractivity contribution >= 4 is 17.4 Å². The van der Waals surface area contributed by atoms with Crippen LogP contribution >= 0.6 is 0 Å². The number of likely N-dealkylation sites (tertiary alicyclic amines) is 1. The fourth-order valence-electron chi connectivity index (χ4n) is 4.41. The van der Waals surface area contributed by atoms with Gasteiger partial charge in [0.1, 0.15) is 11.5 Å². The molecule has 0 radical (unpaired) electrons. The third kappa shape index (κ3) is 5.11. The van der Waals surface area contributed by atoms with Gasteiger partial charge in [0.25, 0.3) is 11.7 Å². The summed E-state index contributed by atoms with van der Waals surface area (Å²) in [4.78, 5) is 30.0. The van der Waals surface area contributed by atoms with E-state index in [1.54, 1.807) is 43.3 Å². The van der Waals surface area contributed by atoms with Crippen LogP contribution in [0.5, 0.6) is 17.2 Å². The molecule has 0 bridgehead atoms. The largest absolute Gasteiger partial charge is 0.507 e. The fraction of sp³-hybridized carbons (Fsp3) is 0.385. The molecule has 4 rings (SSSR count). The number of aliphatic hydroxyl groups excluding tert-OH is 1. The maximum atomic E-state index is 13.2. The molecule has 2 aromatic carbocycles. The third-order valence-corrected chi connectivity index (χ3v) is 6.26. The number of ketones is 1. The standard InChI is InChI=1S/C26H30N2O7/c1-3-35-21-16-18(6-9-20(21)29)23-22(24(30)17-4-7-19(33-2)8-5-17)25(31)26(32)28(23)11-10-27-12-14-34-15-13-27/h4-9,16,23,29-30H,3,10-15H2,1-2H3/b24-22+. The number of ether oxygens (including phenoxy) is 3. The number of hydrogen-bond acceptors (Lipinski definition) is 8. The number of carbonyl (C=O) groups is 2. The second-order valence-corrected chi connectivity index (χ2v) is 8.34. The predicted molar refractivity (Wildman–Crippen MR) is 129 cm³/mol. The molecule has 186 valence electrons. The van der Waals surface area contributed by atoms with Crippen molar-refractivity contribution in [2.75, 3.05) is 53.1 Å². The Bertz CT molecular complexity index is 1110.